The lowest BCUT2D eigenvalue weighted by Gasteiger charge is -2.11. The topological polar surface area (TPSA) is 70.9 Å². The van der Waals surface area contributed by atoms with Gasteiger partial charge in [-0.25, -0.2) is 5.43 Å². The lowest BCUT2D eigenvalue weighted by Crippen LogP contribution is -2.24. The summed E-state index contributed by atoms with van der Waals surface area (Å²) in [6, 6.07) is 7.48. The SMILES string of the molecule is Cc1cc(C)c(OCC(=O)N/N=C\c2cc(I)c(O)c(I)c2)c(Br)c1. The molecule has 0 aromatic heterocycles. The molecule has 132 valence electrons. The Bertz CT molecular complexity index is 795. The molecule has 0 radical (unpaired) electrons. The molecule has 2 rings (SSSR count). The highest BCUT2D eigenvalue weighted by Gasteiger charge is 2.09. The zero-order valence-corrected chi connectivity index (χ0v) is 19.3. The third-order valence-corrected chi connectivity index (χ3v) is 5.40. The van der Waals surface area contributed by atoms with E-state index in [-0.39, 0.29) is 18.3 Å². The van der Waals surface area contributed by atoms with Crippen LogP contribution in [0.1, 0.15) is 16.7 Å². The molecule has 1 amide bonds. The summed E-state index contributed by atoms with van der Waals surface area (Å²) in [6.45, 7) is 3.79. The number of halogens is 3. The van der Waals surface area contributed by atoms with Crippen molar-refractivity contribution in [1.82, 2.24) is 5.43 Å². The molecule has 8 heteroatoms. The number of aromatic hydroxyl groups is 1. The van der Waals surface area contributed by atoms with Crippen LogP contribution in [0.3, 0.4) is 0 Å². The van der Waals surface area contributed by atoms with Crippen LogP contribution in [-0.4, -0.2) is 23.8 Å². The highest BCUT2D eigenvalue weighted by molar-refractivity contribution is 14.1. The first-order valence-corrected chi connectivity index (χ1v) is 10.1. The second-order valence-electron chi connectivity index (χ2n) is 5.31. The number of amides is 1. The molecule has 0 aliphatic carbocycles. The Labute approximate surface area is 181 Å². The van der Waals surface area contributed by atoms with E-state index in [1.807, 2.05) is 71.2 Å². The van der Waals surface area contributed by atoms with Crippen molar-refractivity contribution in [2.75, 3.05) is 6.61 Å². The summed E-state index contributed by atoms with van der Waals surface area (Å²) in [5.41, 5.74) is 5.28. The molecule has 2 aromatic rings. The number of hydrazone groups is 1. The summed E-state index contributed by atoms with van der Waals surface area (Å²) in [5.74, 6) is 0.536. The van der Waals surface area contributed by atoms with Gasteiger partial charge >= 0.3 is 0 Å². The van der Waals surface area contributed by atoms with Gasteiger partial charge < -0.3 is 9.84 Å². The molecule has 0 spiro atoms. The van der Waals surface area contributed by atoms with Crippen LogP contribution in [0.2, 0.25) is 0 Å². The average Bonchev–Trinajstić information content (AvgIpc) is 2.51. The van der Waals surface area contributed by atoms with Crippen LogP contribution in [0, 0.1) is 21.0 Å². The average molecular weight is 629 g/mol. The zero-order valence-electron chi connectivity index (χ0n) is 13.4. The Morgan fingerprint density at radius 1 is 1.28 bits per heavy atom. The number of ether oxygens (including phenoxy) is 1. The van der Waals surface area contributed by atoms with Gasteiger partial charge in [0.15, 0.2) is 6.61 Å². The standard InChI is InChI=1S/C17H15BrI2N2O3/c1-9-3-10(2)17(12(18)4-9)25-8-15(23)22-21-7-11-5-13(19)16(24)14(20)6-11/h3-7,24H,8H2,1-2H3,(H,22,23)/b21-7-. The van der Waals surface area contributed by atoms with Gasteiger partial charge in [0.2, 0.25) is 0 Å². The molecule has 0 atom stereocenters. The minimum Gasteiger partial charge on any atom is -0.506 e. The molecule has 0 unspecified atom stereocenters. The van der Waals surface area contributed by atoms with Crippen molar-refractivity contribution < 1.29 is 14.6 Å². The first kappa shape index (κ1) is 20.4. The van der Waals surface area contributed by atoms with Crippen molar-refractivity contribution >= 4 is 73.2 Å². The van der Waals surface area contributed by atoms with Gasteiger partial charge in [0, 0.05) is 0 Å². The summed E-state index contributed by atoms with van der Waals surface area (Å²) >= 11 is 7.52. The number of carbonyl (C=O) groups excluding carboxylic acids is 1. The molecule has 0 aliphatic heterocycles. The predicted octanol–water partition coefficient (Wildman–Crippen LogP) is 4.51. The first-order valence-electron chi connectivity index (χ1n) is 7.17. The molecule has 0 saturated heterocycles. The molecule has 0 fully saturated rings. The maximum atomic E-state index is 11.9. The normalized spacial score (nSPS) is 10.9. The maximum absolute atomic E-state index is 11.9. The number of rotatable bonds is 5. The zero-order chi connectivity index (χ0) is 18.6. The van der Waals surface area contributed by atoms with E-state index in [0.29, 0.717) is 5.75 Å². The Hall–Kier alpha value is -0.880. The number of phenols is 1. The smallest absolute Gasteiger partial charge is 0.277 e. The van der Waals surface area contributed by atoms with Gasteiger partial charge in [-0.15, -0.1) is 0 Å². The third-order valence-electron chi connectivity index (χ3n) is 3.16. The summed E-state index contributed by atoms with van der Waals surface area (Å²) in [6.07, 6.45) is 1.52. The van der Waals surface area contributed by atoms with E-state index in [1.165, 1.54) is 6.21 Å². The van der Waals surface area contributed by atoms with Gasteiger partial charge in [-0.2, -0.15) is 5.10 Å². The number of benzene rings is 2. The Balaban J connectivity index is 1.93. The van der Waals surface area contributed by atoms with Crippen LogP contribution in [-0.2, 0) is 4.79 Å². The van der Waals surface area contributed by atoms with Crippen LogP contribution in [0.15, 0.2) is 33.8 Å². The van der Waals surface area contributed by atoms with Crippen LogP contribution in [0.5, 0.6) is 11.5 Å². The van der Waals surface area contributed by atoms with E-state index in [0.717, 1.165) is 28.3 Å². The molecule has 0 heterocycles. The van der Waals surface area contributed by atoms with Crippen molar-refractivity contribution in [2.24, 2.45) is 5.10 Å². The fraction of sp³-hybridized carbons (Fsp3) is 0.176. The van der Waals surface area contributed by atoms with Crippen molar-refractivity contribution in [1.29, 1.82) is 0 Å². The van der Waals surface area contributed by atoms with Crippen LogP contribution in [0.4, 0.5) is 0 Å². The molecular weight excluding hydrogens is 614 g/mol. The van der Waals surface area contributed by atoms with E-state index in [1.54, 1.807) is 12.1 Å². The number of aryl methyl sites for hydroxylation is 2. The number of hydrogen-bond acceptors (Lipinski definition) is 4. The monoisotopic (exact) mass is 628 g/mol. The Morgan fingerprint density at radius 2 is 1.92 bits per heavy atom. The molecule has 0 saturated carbocycles. The molecule has 2 aromatic carbocycles. The van der Waals surface area contributed by atoms with Gasteiger partial charge in [-0.05, 0) is 110 Å². The fourth-order valence-electron chi connectivity index (χ4n) is 2.09. The lowest BCUT2D eigenvalue weighted by atomic mass is 10.1. The van der Waals surface area contributed by atoms with Crippen molar-refractivity contribution in [3.05, 3.63) is 52.6 Å². The van der Waals surface area contributed by atoms with Gasteiger partial charge in [-0.1, -0.05) is 6.07 Å². The van der Waals surface area contributed by atoms with Gasteiger partial charge in [-0.3, -0.25) is 4.79 Å². The quantitative estimate of drug-likeness (QED) is 0.291. The predicted molar refractivity (Wildman–Crippen MR) is 118 cm³/mol. The van der Waals surface area contributed by atoms with E-state index in [2.05, 4.69) is 26.5 Å². The second-order valence-corrected chi connectivity index (χ2v) is 8.49. The number of carbonyl (C=O) groups is 1. The van der Waals surface area contributed by atoms with E-state index in [9.17, 15) is 9.90 Å². The summed E-state index contributed by atoms with van der Waals surface area (Å²) in [4.78, 5) is 11.9. The van der Waals surface area contributed by atoms with Crippen LogP contribution < -0.4 is 10.2 Å². The first-order chi connectivity index (χ1) is 11.8. The second kappa shape index (κ2) is 9.17. The highest BCUT2D eigenvalue weighted by Crippen LogP contribution is 2.30. The van der Waals surface area contributed by atoms with Crippen molar-refractivity contribution in [3.63, 3.8) is 0 Å². The Morgan fingerprint density at radius 3 is 2.52 bits per heavy atom. The maximum Gasteiger partial charge on any atom is 0.277 e. The number of phenolic OH excluding ortho intramolecular Hbond substituents is 1. The van der Waals surface area contributed by atoms with Gasteiger partial charge in [0.25, 0.3) is 5.91 Å². The van der Waals surface area contributed by atoms with E-state index >= 15 is 0 Å². The summed E-state index contributed by atoms with van der Waals surface area (Å²) in [7, 11) is 0. The minimum atomic E-state index is -0.355. The minimum absolute atomic E-state index is 0.134. The molecule has 2 N–H and O–H groups in total. The number of hydrogen-bond donors (Lipinski definition) is 2. The summed E-state index contributed by atoms with van der Waals surface area (Å²) in [5, 5.41) is 13.7. The molecular formula is C17H15BrI2N2O3. The highest BCUT2D eigenvalue weighted by atomic mass is 127. The van der Waals surface area contributed by atoms with Gasteiger partial charge in [0.05, 0.1) is 17.8 Å². The van der Waals surface area contributed by atoms with Gasteiger partial charge in [0.1, 0.15) is 11.5 Å². The fourth-order valence-corrected chi connectivity index (χ4v) is 4.70. The van der Waals surface area contributed by atoms with Crippen LogP contribution in [0.25, 0.3) is 0 Å². The van der Waals surface area contributed by atoms with E-state index in [4.69, 9.17) is 4.74 Å². The summed E-state index contributed by atoms with van der Waals surface area (Å²) < 4.78 is 7.83. The molecule has 0 aliphatic rings. The number of nitrogens with zero attached hydrogens (tertiary/aromatic N) is 1. The molecule has 5 nitrogen and oxygen atoms in total. The number of nitrogens with one attached hydrogen (secondary N) is 1. The lowest BCUT2D eigenvalue weighted by molar-refractivity contribution is -0.123. The Kier molecular flexibility index (Phi) is 7.50. The third kappa shape index (κ3) is 5.81. The molecule has 0 bridgehead atoms. The van der Waals surface area contributed by atoms with Crippen molar-refractivity contribution in [3.8, 4) is 11.5 Å². The van der Waals surface area contributed by atoms with Crippen molar-refractivity contribution in [2.45, 2.75) is 13.8 Å². The largest absolute Gasteiger partial charge is 0.506 e. The van der Waals surface area contributed by atoms with Crippen LogP contribution >= 0.6 is 61.1 Å². The molecule has 25 heavy (non-hydrogen) atoms. The van der Waals surface area contributed by atoms with E-state index < -0.39 is 0 Å².